The molecule has 3 aromatic rings. The lowest BCUT2D eigenvalue weighted by Gasteiger charge is -2.12. The van der Waals surface area contributed by atoms with Gasteiger partial charge in [-0.05, 0) is 38.4 Å². The summed E-state index contributed by atoms with van der Waals surface area (Å²) in [6.45, 7) is 5.99. The Morgan fingerprint density at radius 3 is 2.65 bits per heavy atom. The van der Waals surface area contributed by atoms with Crippen LogP contribution in [-0.2, 0) is 0 Å². The average Bonchev–Trinajstić information content (AvgIpc) is 2.84. The van der Waals surface area contributed by atoms with Crippen molar-refractivity contribution in [3.63, 3.8) is 0 Å². The number of fused-ring (bicyclic) bond motifs is 1. The molecule has 0 saturated carbocycles. The van der Waals surface area contributed by atoms with Crippen molar-refractivity contribution < 1.29 is 9.13 Å². The molecular weight excluding hydrogens is 321 g/mol. The second kappa shape index (κ2) is 5.73. The summed E-state index contributed by atoms with van der Waals surface area (Å²) in [6, 6.07) is 1.92. The molecule has 0 spiro atoms. The normalized spacial score (nSPS) is 11.4. The first-order valence-electron chi connectivity index (χ1n) is 7.04. The smallest absolute Gasteiger partial charge is 0.242 e. The topological polar surface area (TPSA) is 65.7 Å². The molecule has 3 aromatic heterocycles. The second-order valence-corrected chi connectivity index (χ2v) is 5.68. The van der Waals surface area contributed by atoms with Crippen LogP contribution in [0.4, 0.5) is 4.39 Å². The summed E-state index contributed by atoms with van der Waals surface area (Å²) in [5.74, 6) is 0.540. The van der Waals surface area contributed by atoms with Crippen LogP contribution >= 0.6 is 11.6 Å². The number of hydrogen-bond donors (Lipinski definition) is 0. The van der Waals surface area contributed by atoms with Crippen LogP contribution in [0.2, 0.25) is 5.28 Å². The SMILES string of the molecule is COc1nc(-c2nc(Cl)ncc2F)cc2c1nc(C)n2C(C)C. The van der Waals surface area contributed by atoms with Crippen molar-refractivity contribution in [1.82, 2.24) is 24.5 Å². The molecule has 0 saturated heterocycles. The number of halogens is 2. The number of ether oxygens (including phenoxy) is 1. The summed E-state index contributed by atoms with van der Waals surface area (Å²) >= 11 is 5.78. The third-order valence-corrected chi connectivity index (χ3v) is 3.67. The third kappa shape index (κ3) is 2.61. The molecule has 0 radical (unpaired) electrons. The maximum absolute atomic E-state index is 14.1. The monoisotopic (exact) mass is 335 g/mol. The number of aryl methyl sites for hydroxylation is 1. The van der Waals surface area contributed by atoms with Gasteiger partial charge in [0.2, 0.25) is 11.2 Å². The highest BCUT2D eigenvalue weighted by Gasteiger charge is 2.19. The highest BCUT2D eigenvalue weighted by molar-refractivity contribution is 6.28. The zero-order valence-electron chi connectivity index (χ0n) is 13.1. The molecule has 0 aliphatic carbocycles. The van der Waals surface area contributed by atoms with Gasteiger partial charge >= 0.3 is 0 Å². The largest absolute Gasteiger partial charge is 0.479 e. The number of nitrogens with zero attached hydrogens (tertiary/aromatic N) is 5. The van der Waals surface area contributed by atoms with E-state index in [2.05, 4.69) is 19.9 Å². The van der Waals surface area contributed by atoms with E-state index in [9.17, 15) is 4.39 Å². The van der Waals surface area contributed by atoms with Crippen LogP contribution < -0.4 is 4.74 Å². The molecule has 0 unspecified atom stereocenters. The molecule has 3 rings (SSSR count). The lowest BCUT2D eigenvalue weighted by atomic mass is 10.2. The summed E-state index contributed by atoms with van der Waals surface area (Å²) in [7, 11) is 1.50. The van der Waals surface area contributed by atoms with Gasteiger partial charge in [0.1, 0.15) is 11.5 Å². The van der Waals surface area contributed by atoms with E-state index < -0.39 is 5.82 Å². The summed E-state index contributed by atoms with van der Waals surface area (Å²) in [5.41, 5.74) is 1.77. The van der Waals surface area contributed by atoms with Gasteiger partial charge in [0.15, 0.2) is 11.3 Å². The maximum Gasteiger partial charge on any atom is 0.242 e. The first-order chi connectivity index (χ1) is 10.9. The van der Waals surface area contributed by atoms with Crippen LogP contribution in [0.15, 0.2) is 12.3 Å². The number of hydrogen-bond acceptors (Lipinski definition) is 5. The first-order valence-corrected chi connectivity index (χ1v) is 7.42. The van der Waals surface area contributed by atoms with Crippen molar-refractivity contribution in [2.45, 2.75) is 26.8 Å². The van der Waals surface area contributed by atoms with E-state index in [4.69, 9.17) is 16.3 Å². The van der Waals surface area contributed by atoms with Crippen LogP contribution in [0, 0.1) is 12.7 Å². The predicted molar refractivity (Wildman–Crippen MR) is 85.2 cm³/mol. The summed E-state index contributed by atoms with van der Waals surface area (Å²) in [5, 5.41) is -0.0455. The van der Waals surface area contributed by atoms with E-state index in [-0.39, 0.29) is 17.0 Å². The first kappa shape index (κ1) is 15.6. The number of pyridine rings is 1. The van der Waals surface area contributed by atoms with Gasteiger partial charge in [0.05, 0.1) is 24.5 Å². The van der Waals surface area contributed by atoms with Crippen molar-refractivity contribution in [1.29, 1.82) is 0 Å². The average molecular weight is 336 g/mol. The molecule has 3 heterocycles. The molecule has 0 N–H and O–H groups in total. The summed E-state index contributed by atoms with van der Waals surface area (Å²) < 4.78 is 21.4. The Bertz CT molecular complexity index is 893. The molecule has 0 bridgehead atoms. The van der Waals surface area contributed by atoms with Crippen molar-refractivity contribution >= 4 is 22.6 Å². The van der Waals surface area contributed by atoms with E-state index in [1.165, 1.54) is 7.11 Å². The predicted octanol–water partition coefficient (Wildman–Crippen LogP) is 3.58. The Morgan fingerprint density at radius 1 is 1.26 bits per heavy atom. The number of rotatable bonds is 3. The lowest BCUT2D eigenvalue weighted by Crippen LogP contribution is -2.03. The molecule has 0 aliphatic rings. The number of methoxy groups -OCH3 is 1. The van der Waals surface area contributed by atoms with Crippen LogP contribution in [0.3, 0.4) is 0 Å². The minimum absolute atomic E-state index is 0.0272. The summed E-state index contributed by atoms with van der Waals surface area (Å²) in [4.78, 5) is 16.4. The lowest BCUT2D eigenvalue weighted by molar-refractivity contribution is 0.403. The molecule has 6 nitrogen and oxygen atoms in total. The van der Waals surface area contributed by atoms with Crippen LogP contribution in [-0.4, -0.2) is 31.6 Å². The molecule has 0 aromatic carbocycles. The molecule has 120 valence electrons. The molecule has 0 fully saturated rings. The quantitative estimate of drug-likeness (QED) is 0.684. The molecular formula is C15H15ClFN5O. The van der Waals surface area contributed by atoms with Gasteiger partial charge in [-0.2, -0.15) is 0 Å². The summed E-state index contributed by atoms with van der Waals surface area (Å²) in [6.07, 6.45) is 1.02. The minimum Gasteiger partial charge on any atom is -0.479 e. The fraction of sp³-hybridized carbons (Fsp3) is 0.333. The van der Waals surface area contributed by atoms with Gasteiger partial charge < -0.3 is 9.30 Å². The maximum atomic E-state index is 14.1. The molecule has 0 amide bonds. The van der Waals surface area contributed by atoms with Crippen molar-refractivity contribution in [2.24, 2.45) is 0 Å². The zero-order chi connectivity index (χ0) is 16.7. The van der Waals surface area contributed by atoms with Gasteiger partial charge in [-0.15, -0.1) is 0 Å². The minimum atomic E-state index is -0.601. The van der Waals surface area contributed by atoms with Gasteiger partial charge in [-0.1, -0.05) is 0 Å². The van der Waals surface area contributed by atoms with Crippen molar-refractivity contribution in [3.05, 3.63) is 29.2 Å². The molecule has 23 heavy (non-hydrogen) atoms. The van der Waals surface area contributed by atoms with Crippen LogP contribution in [0.25, 0.3) is 22.4 Å². The molecule has 8 heteroatoms. The van der Waals surface area contributed by atoms with E-state index in [1.54, 1.807) is 6.07 Å². The Morgan fingerprint density at radius 2 is 2.00 bits per heavy atom. The highest BCUT2D eigenvalue weighted by atomic mass is 35.5. The number of imidazole rings is 1. The highest BCUT2D eigenvalue weighted by Crippen LogP contribution is 2.31. The number of aromatic nitrogens is 5. The zero-order valence-corrected chi connectivity index (χ0v) is 13.9. The Balaban J connectivity index is 2.35. The Kier molecular flexibility index (Phi) is 3.89. The third-order valence-electron chi connectivity index (χ3n) is 3.49. The van der Waals surface area contributed by atoms with E-state index in [0.717, 1.165) is 17.5 Å². The van der Waals surface area contributed by atoms with E-state index in [1.807, 2.05) is 25.3 Å². The fourth-order valence-electron chi connectivity index (χ4n) is 2.62. The van der Waals surface area contributed by atoms with Gasteiger partial charge in [-0.3, -0.25) is 0 Å². The van der Waals surface area contributed by atoms with Crippen LogP contribution in [0.5, 0.6) is 5.88 Å². The second-order valence-electron chi connectivity index (χ2n) is 5.34. The van der Waals surface area contributed by atoms with Gasteiger partial charge in [0, 0.05) is 6.04 Å². The van der Waals surface area contributed by atoms with Crippen molar-refractivity contribution in [3.8, 4) is 17.3 Å². The van der Waals surface area contributed by atoms with E-state index >= 15 is 0 Å². The molecule has 0 atom stereocenters. The van der Waals surface area contributed by atoms with Gasteiger partial charge in [-0.25, -0.2) is 24.3 Å². The fourth-order valence-corrected chi connectivity index (χ4v) is 2.75. The standard InChI is InChI=1S/C15H15ClFN5O/c1-7(2)22-8(3)19-13-11(22)5-10(20-14(13)23-4)12-9(17)6-18-15(16)21-12/h5-7H,1-4H3. The van der Waals surface area contributed by atoms with Gasteiger partial charge in [0.25, 0.3) is 0 Å². The Labute approximate surface area is 137 Å². The van der Waals surface area contributed by atoms with Crippen molar-refractivity contribution in [2.75, 3.05) is 7.11 Å². The van der Waals surface area contributed by atoms with E-state index in [0.29, 0.717) is 17.1 Å². The Hall–Kier alpha value is -2.28. The molecule has 0 aliphatic heterocycles. The van der Waals surface area contributed by atoms with Crippen LogP contribution in [0.1, 0.15) is 25.7 Å².